The zero-order valence-corrected chi connectivity index (χ0v) is 48.9. The molecule has 4 aliphatic heterocycles. The van der Waals surface area contributed by atoms with Crippen molar-refractivity contribution in [1.82, 2.24) is 0 Å². The molecule has 13 aromatic carbocycles. The number of para-hydroxylation sites is 8. The lowest BCUT2D eigenvalue weighted by atomic mass is 9.31. The molecule has 0 atom stereocenters. The van der Waals surface area contributed by atoms with Gasteiger partial charge in [0, 0.05) is 110 Å². The molecule has 0 unspecified atom stereocenters. The first kappa shape index (κ1) is 49.7. The van der Waals surface area contributed by atoms with Crippen LogP contribution in [-0.4, -0.2) is 13.4 Å². The fraction of sp³-hybridized carbons (Fsp3) is 0. The third kappa shape index (κ3) is 7.43. The molecule has 0 N–H and O–H groups in total. The normalized spacial score (nSPS) is 13.3. The number of furan rings is 2. The standard InChI is InChI=1S/C78H48B2N4O2S2/c1-7-23-49(24-8-1)81(50-25-9-2-10-26-50)55-39-41-57-59-45-71-73-75(77(59)85-67(57)43-55)83(53-31-15-5-16-32-53)65-37-21-19-35-61(65)79(73)63-47-64-70(48-69(63)87-71)88-72-46-60-58-42-40-56(82(51-27-11-3-12-28-51)52-29-13-4-14-30-52)44-68(58)86-78(60)76-74(72)80(64)62-36-20-22-38-66(62)84(76)54-33-17-6-18-34-54/h1-48H. The highest BCUT2D eigenvalue weighted by Crippen LogP contribution is 2.52. The maximum absolute atomic E-state index is 7.43. The van der Waals surface area contributed by atoms with E-state index in [1.807, 2.05) is 23.5 Å². The van der Waals surface area contributed by atoms with Gasteiger partial charge in [-0.3, -0.25) is 0 Å². The highest BCUT2D eigenvalue weighted by molar-refractivity contribution is 8.01. The fourth-order valence-corrected chi connectivity index (χ4v) is 17.1. The van der Waals surface area contributed by atoms with E-state index in [-0.39, 0.29) is 13.4 Å². The fourth-order valence-electron chi connectivity index (χ4n) is 14.6. The molecule has 4 aliphatic rings. The summed E-state index contributed by atoms with van der Waals surface area (Å²) < 4.78 is 14.9. The highest BCUT2D eigenvalue weighted by atomic mass is 32.2. The Hall–Kier alpha value is -10.5. The number of fused-ring (bicyclic) bond motifs is 16. The lowest BCUT2D eigenvalue weighted by Crippen LogP contribution is -2.63. The smallest absolute Gasteiger partial charge is 0.249 e. The molecule has 15 aromatic rings. The molecule has 0 saturated carbocycles. The molecule has 0 amide bonds. The molecule has 6 nitrogen and oxygen atoms in total. The summed E-state index contributed by atoms with van der Waals surface area (Å²) in [5, 5.41) is 4.37. The number of rotatable bonds is 8. The Morgan fingerprint density at radius 2 is 0.636 bits per heavy atom. The zero-order chi connectivity index (χ0) is 57.6. The number of hydrogen-bond acceptors (Lipinski definition) is 8. The minimum atomic E-state index is -0.0913. The van der Waals surface area contributed by atoms with Gasteiger partial charge >= 0.3 is 0 Å². The molecule has 19 rings (SSSR count). The summed E-state index contributed by atoms with van der Waals surface area (Å²) in [4.78, 5) is 14.6. The monoisotopic (exact) mass is 1160 g/mol. The van der Waals surface area contributed by atoms with E-state index in [0.717, 1.165) is 112 Å². The van der Waals surface area contributed by atoms with Crippen LogP contribution in [0.1, 0.15) is 0 Å². The van der Waals surface area contributed by atoms with Crippen LogP contribution in [0.3, 0.4) is 0 Å². The van der Waals surface area contributed by atoms with Crippen LogP contribution >= 0.6 is 23.5 Å². The minimum absolute atomic E-state index is 0.0913. The number of hydrogen-bond donors (Lipinski definition) is 0. The van der Waals surface area contributed by atoms with Crippen LogP contribution in [0.15, 0.2) is 320 Å². The van der Waals surface area contributed by atoms with Crippen LogP contribution in [0.4, 0.5) is 68.2 Å². The van der Waals surface area contributed by atoms with Crippen molar-refractivity contribution >= 4 is 182 Å². The van der Waals surface area contributed by atoms with Gasteiger partial charge in [0.15, 0.2) is 11.2 Å². The van der Waals surface area contributed by atoms with Crippen molar-refractivity contribution in [1.29, 1.82) is 0 Å². The van der Waals surface area contributed by atoms with Gasteiger partial charge in [0.2, 0.25) is 13.4 Å². The first-order valence-corrected chi connectivity index (χ1v) is 31.6. The predicted octanol–water partition coefficient (Wildman–Crippen LogP) is 18.0. The summed E-state index contributed by atoms with van der Waals surface area (Å²) in [6.45, 7) is -0.183. The van der Waals surface area contributed by atoms with Crippen LogP contribution in [0, 0.1) is 0 Å². The first-order valence-electron chi connectivity index (χ1n) is 30.0. The SMILES string of the molecule is c1ccc(N(c2ccccc2)c2ccc3c(c2)oc2c4c5c(cc23)Sc2cc3c(cc2B5c2ccccc2N4c2ccccc2)B2c4ccccc4N(c4ccccc4)c4c2c(cc2c4oc4cc(N(c5ccccc5)c5ccccc5)ccc42)S3)cc1. The van der Waals surface area contributed by atoms with E-state index in [2.05, 4.69) is 311 Å². The molecule has 10 heteroatoms. The Kier molecular flexibility index (Phi) is 11.0. The van der Waals surface area contributed by atoms with Crippen LogP contribution in [0.25, 0.3) is 43.9 Å². The number of anilines is 12. The predicted molar refractivity (Wildman–Crippen MR) is 370 cm³/mol. The highest BCUT2D eigenvalue weighted by Gasteiger charge is 2.47. The number of nitrogens with zero attached hydrogens (tertiary/aromatic N) is 4. The largest absolute Gasteiger partial charge is 0.454 e. The van der Waals surface area contributed by atoms with Crippen molar-refractivity contribution in [2.45, 2.75) is 19.6 Å². The van der Waals surface area contributed by atoms with Gasteiger partial charge in [-0.15, -0.1) is 0 Å². The quantitative estimate of drug-likeness (QED) is 0.139. The molecular formula is C78H48B2N4O2S2. The average Bonchev–Trinajstić information content (AvgIpc) is 1.33. The van der Waals surface area contributed by atoms with Gasteiger partial charge in [-0.05, 0) is 149 Å². The first-order chi connectivity index (χ1) is 43.7. The Morgan fingerprint density at radius 1 is 0.284 bits per heavy atom. The molecule has 0 saturated heterocycles. The molecule has 2 aromatic heterocycles. The van der Waals surface area contributed by atoms with E-state index in [4.69, 9.17) is 8.83 Å². The minimum Gasteiger partial charge on any atom is -0.454 e. The second-order valence-corrected chi connectivity index (χ2v) is 25.2. The van der Waals surface area contributed by atoms with Crippen molar-refractivity contribution < 1.29 is 8.83 Å². The molecular weight excluding hydrogens is 1110 g/mol. The zero-order valence-electron chi connectivity index (χ0n) is 47.3. The summed E-state index contributed by atoms with van der Waals surface area (Å²) in [5.41, 5.74) is 24.2. The van der Waals surface area contributed by atoms with Crippen LogP contribution < -0.4 is 52.4 Å². The molecule has 88 heavy (non-hydrogen) atoms. The molecule has 6 heterocycles. The summed E-state index contributed by atoms with van der Waals surface area (Å²) >= 11 is 3.81. The van der Waals surface area contributed by atoms with Crippen molar-refractivity contribution in [3.8, 4) is 0 Å². The van der Waals surface area contributed by atoms with Gasteiger partial charge < -0.3 is 28.4 Å². The molecule has 0 fully saturated rings. The van der Waals surface area contributed by atoms with E-state index < -0.39 is 0 Å². The van der Waals surface area contributed by atoms with Gasteiger partial charge in [-0.1, -0.05) is 186 Å². The van der Waals surface area contributed by atoms with Gasteiger partial charge in [-0.25, -0.2) is 0 Å². The summed E-state index contributed by atoms with van der Waals surface area (Å²) in [6, 6.07) is 106. The van der Waals surface area contributed by atoms with Gasteiger partial charge in [0.25, 0.3) is 0 Å². The average molecular weight is 1160 g/mol. The summed E-state index contributed by atoms with van der Waals surface area (Å²) in [5.74, 6) is 0. The van der Waals surface area contributed by atoms with Crippen molar-refractivity contribution in [3.63, 3.8) is 0 Å². The van der Waals surface area contributed by atoms with Gasteiger partial charge in [-0.2, -0.15) is 0 Å². The number of benzene rings is 13. The second-order valence-electron chi connectivity index (χ2n) is 23.1. The van der Waals surface area contributed by atoms with Gasteiger partial charge in [0.05, 0.1) is 11.4 Å². The lowest BCUT2D eigenvalue weighted by Gasteiger charge is -2.42. The maximum atomic E-state index is 7.43. The van der Waals surface area contributed by atoms with E-state index in [1.165, 1.54) is 52.4 Å². The van der Waals surface area contributed by atoms with Crippen LogP contribution in [0.5, 0.6) is 0 Å². The second kappa shape index (κ2) is 19.5. The van der Waals surface area contributed by atoms with E-state index in [0.29, 0.717) is 0 Å². The van der Waals surface area contributed by atoms with Crippen LogP contribution in [0.2, 0.25) is 0 Å². The molecule has 0 aliphatic carbocycles. The summed E-state index contributed by atoms with van der Waals surface area (Å²) in [7, 11) is 0. The Labute approximate surface area is 517 Å². The van der Waals surface area contributed by atoms with E-state index >= 15 is 0 Å². The van der Waals surface area contributed by atoms with Crippen molar-refractivity contribution in [2.24, 2.45) is 0 Å². The molecule has 410 valence electrons. The van der Waals surface area contributed by atoms with Crippen molar-refractivity contribution in [3.05, 3.63) is 291 Å². The van der Waals surface area contributed by atoms with Crippen molar-refractivity contribution in [2.75, 3.05) is 19.6 Å². The Bertz CT molecular complexity index is 4910. The summed E-state index contributed by atoms with van der Waals surface area (Å²) in [6.07, 6.45) is 0. The van der Waals surface area contributed by atoms with E-state index in [1.54, 1.807) is 0 Å². The Balaban J connectivity index is 0.824. The maximum Gasteiger partial charge on any atom is 0.249 e. The Morgan fingerprint density at radius 3 is 1.02 bits per heavy atom. The lowest BCUT2D eigenvalue weighted by molar-refractivity contribution is 0.669. The molecule has 0 bridgehead atoms. The van der Waals surface area contributed by atoms with E-state index in [9.17, 15) is 0 Å². The molecule has 0 radical (unpaired) electrons. The van der Waals surface area contributed by atoms with Crippen LogP contribution in [-0.2, 0) is 0 Å². The topological polar surface area (TPSA) is 39.2 Å². The van der Waals surface area contributed by atoms with Gasteiger partial charge in [0.1, 0.15) is 11.2 Å². The third-order valence-corrected chi connectivity index (χ3v) is 20.5. The molecule has 0 spiro atoms. The third-order valence-electron chi connectivity index (χ3n) is 18.3.